The molecule has 0 saturated carbocycles. The lowest BCUT2D eigenvalue weighted by Crippen LogP contribution is -2.74. The number of fused-ring (bicyclic) bond motifs is 1. The molecule has 2 fully saturated rings. The molecule has 2 unspecified atom stereocenters. The summed E-state index contributed by atoms with van der Waals surface area (Å²) in [5.74, 6) is 4.39. The summed E-state index contributed by atoms with van der Waals surface area (Å²) in [6, 6.07) is -0.871. The third kappa shape index (κ3) is 5.21. The van der Waals surface area contributed by atoms with Gasteiger partial charge in [-0.2, -0.15) is 9.36 Å². The van der Waals surface area contributed by atoms with Crippen molar-refractivity contribution in [3.63, 3.8) is 0 Å². The predicted octanol–water partition coefficient (Wildman–Crippen LogP) is -1.59. The van der Waals surface area contributed by atoms with Crippen LogP contribution in [0.25, 0.3) is 0 Å². The second-order valence-electron chi connectivity index (χ2n) is 8.31. The molecule has 2 aromatic rings. The Bertz CT molecular complexity index is 1270. The van der Waals surface area contributed by atoms with Gasteiger partial charge < -0.3 is 31.6 Å². The third-order valence-corrected chi connectivity index (χ3v) is 9.08. The molecular formula is C19H25N10O5S3+. The number of hydrogen-bond donors (Lipinski definition) is 5. The van der Waals surface area contributed by atoms with E-state index >= 15 is 0 Å². The van der Waals surface area contributed by atoms with Crippen molar-refractivity contribution >= 4 is 69.5 Å². The first-order valence-electron chi connectivity index (χ1n) is 10.9. The Hall–Kier alpha value is -3.38. The van der Waals surface area contributed by atoms with Gasteiger partial charge >= 0.3 is 11.1 Å². The Kier molecular flexibility index (Phi) is 7.60. The van der Waals surface area contributed by atoms with Crippen LogP contribution in [0.4, 0.5) is 10.9 Å². The smallest absolute Gasteiger partial charge is 0.384 e. The Morgan fingerprint density at radius 1 is 1.43 bits per heavy atom. The number of hydrogen-bond acceptors (Lipinski definition) is 14. The Morgan fingerprint density at radius 3 is 2.84 bits per heavy atom. The number of carbonyl (C=O) groups is 3. The van der Waals surface area contributed by atoms with Crippen LogP contribution in [0.1, 0.15) is 18.3 Å². The molecule has 2 aliphatic heterocycles. The van der Waals surface area contributed by atoms with Gasteiger partial charge in [-0.1, -0.05) is 5.16 Å². The van der Waals surface area contributed by atoms with E-state index < -0.39 is 34.6 Å². The lowest BCUT2D eigenvalue weighted by Gasteiger charge is -2.53. The highest BCUT2D eigenvalue weighted by Gasteiger charge is 2.58. The number of β-lactam (4-membered cyclic amide) rings is 1. The molecule has 2 saturated heterocycles. The minimum absolute atomic E-state index is 0.0159. The number of aliphatic carboxylic acids is 1. The van der Waals surface area contributed by atoms with Crippen molar-refractivity contribution in [2.24, 2.45) is 10.6 Å². The van der Waals surface area contributed by atoms with Crippen LogP contribution in [0, 0.1) is 12.3 Å². The normalized spacial score (nSPS) is 23.2. The number of rotatable bonds is 9. The monoisotopic (exact) mass is 569 g/mol. The molecule has 0 aromatic carbocycles. The molecule has 198 valence electrons. The SMILES string of the molecule is CCON=C(C(=O)NC1C(=O)N2CC(CSc3nc(N)c(C)c[n+]3N)(C(=O)O)CS[C@H]12)c1nsc(N)n1. The molecule has 8 N–H and O–H groups in total. The molecule has 0 spiro atoms. The summed E-state index contributed by atoms with van der Waals surface area (Å²) in [6.07, 6.45) is 1.61. The standard InChI is InChI=1S/C19H24N10O5S3/c1-3-34-26-9(12-25-17(21)37-27-12)13(30)23-10-14(31)28-5-19(16(32)33,6-35-15(10)28)7-36-18-24-11(20)8(2)4-29(18)22/h4,10,15,20H,3,5-7,22H2,1-2H3,(H4,21,23,25,27,30,32,33)/p+1/t10?,15-,19?/m1/s1. The van der Waals surface area contributed by atoms with Gasteiger partial charge in [-0.3, -0.25) is 20.2 Å². The first-order valence-corrected chi connectivity index (χ1v) is 13.7. The first kappa shape index (κ1) is 26.7. The number of anilines is 2. The summed E-state index contributed by atoms with van der Waals surface area (Å²) >= 11 is 3.31. The highest BCUT2D eigenvalue weighted by Crippen LogP contribution is 2.44. The highest BCUT2D eigenvalue weighted by atomic mass is 32.2. The van der Waals surface area contributed by atoms with Gasteiger partial charge in [0.15, 0.2) is 5.13 Å². The molecule has 2 amide bonds. The summed E-state index contributed by atoms with van der Waals surface area (Å²) in [6.45, 7) is 3.62. The number of aryl methyl sites for hydroxylation is 1. The fourth-order valence-corrected chi connectivity index (χ4v) is 6.84. The number of nitrogen functional groups attached to an aromatic ring is 3. The minimum atomic E-state index is -1.26. The summed E-state index contributed by atoms with van der Waals surface area (Å²) in [5, 5.41) is 16.5. The van der Waals surface area contributed by atoms with E-state index in [1.54, 1.807) is 20.0 Å². The van der Waals surface area contributed by atoms with Crippen LogP contribution in [0.2, 0.25) is 0 Å². The Morgan fingerprint density at radius 2 is 2.19 bits per heavy atom. The quantitative estimate of drug-likeness (QED) is 0.0437. The van der Waals surface area contributed by atoms with E-state index in [0.717, 1.165) is 23.3 Å². The largest absolute Gasteiger partial charge is 0.481 e. The molecule has 0 bridgehead atoms. The maximum Gasteiger partial charge on any atom is 0.384 e. The summed E-state index contributed by atoms with van der Waals surface area (Å²) in [7, 11) is 0. The van der Waals surface area contributed by atoms with Crippen molar-refractivity contribution in [2.45, 2.75) is 30.4 Å². The van der Waals surface area contributed by atoms with E-state index in [9.17, 15) is 19.5 Å². The zero-order valence-electron chi connectivity index (χ0n) is 19.8. The average molecular weight is 570 g/mol. The molecule has 4 heterocycles. The Labute approximate surface area is 223 Å². The molecule has 0 radical (unpaired) electrons. The van der Waals surface area contributed by atoms with Gasteiger partial charge in [0.1, 0.15) is 29.6 Å². The minimum Gasteiger partial charge on any atom is -0.481 e. The van der Waals surface area contributed by atoms with Crippen LogP contribution < -0.4 is 27.3 Å². The lowest BCUT2D eigenvalue weighted by atomic mass is 9.89. The fourth-order valence-electron chi connectivity index (χ4n) is 3.65. The fraction of sp³-hybridized carbons (Fsp3) is 0.474. The van der Waals surface area contributed by atoms with Crippen LogP contribution in [-0.4, -0.2) is 83.9 Å². The number of carbonyl (C=O) groups excluding carboxylic acids is 2. The number of nitrogens with one attached hydrogen (secondary N) is 1. The van der Waals surface area contributed by atoms with Crippen LogP contribution in [-0.2, 0) is 19.2 Å². The topological polar surface area (TPSA) is 229 Å². The predicted molar refractivity (Wildman–Crippen MR) is 137 cm³/mol. The number of amides is 2. The molecule has 4 rings (SSSR count). The molecule has 2 aromatic heterocycles. The number of carboxylic acids is 1. The van der Waals surface area contributed by atoms with Gasteiger partial charge in [0.05, 0.1) is 5.56 Å². The maximum atomic E-state index is 13.0. The van der Waals surface area contributed by atoms with E-state index in [2.05, 4.69) is 24.8 Å². The second kappa shape index (κ2) is 10.5. The molecule has 18 heteroatoms. The first-order chi connectivity index (χ1) is 17.6. The van der Waals surface area contributed by atoms with Crippen LogP contribution in [0.5, 0.6) is 0 Å². The highest BCUT2D eigenvalue weighted by molar-refractivity contribution is 8.00. The molecule has 15 nitrogen and oxygen atoms in total. The van der Waals surface area contributed by atoms with E-state index in [0.29, 0.717) is 16.5 Å². The second-order valence-corrected chi connectivity index (χ2v) is 11.1. The van der Waals surface area contributed by atoms with Gasteiger partial charge in [-0.25, -0.2) is 0 Å². The maximum absolute atomic E-state index is 13.0. The zero-order valence-corrected chi connectivity index (χ0v) is 22.2. The van der Waals surface area contributed by atoms with Crippen molar-refractivity contribution in [1.82, 2.24) is 24.6 Å². The molecular weight excluding hydrogens is 544 g/mol. The van der Waals surface area contributed by atoms with Gasteiger partial charge in [0.2, 0.25) is 23.3 Å². The number of carboxylic acid groups (broad SMARTS) is 1. The zero-order chi connectivity index (χ0) is 26.9. The van der Waals surface area contributed by atoms with Gasteiger partial charge in [0, 0.05) is 29.6 Å². The van der Waals surface area contributed by atoms with Gasteiger partial charge in [-0.05, 0) is 30.6 Å². The molecule has 0 aliphatic carbocycles. The van der Waals surface area contributed by atoms with E-state index in [-0.39, 0.29) is 41.3 Å². The van der Waals surface area contributed by atoms with Crippen LogP contribution >= 0.6 is 35.1 Å². The lowest BCUT2D eigenvalue weighted by molar-refractivity contribution is -0.682. The van der Waals surface area contributed by atoms with Crippen LogP contribution in [0.15, 0.2) is 16.5 Å². The summed E-state index contributed by atoms with van der Waals surface area (Å²) < 4.78 is 5.27. The van der Waals surface area contributed by atoms with E-state index in [4.69, 9.17) is 22.1 Å². The molecule has 37 heavy (non-hydrogen) atoms. The van der Waals surface area contributed by atoms with Crippen molar-refractivity contribution < 1.29 is 29.0 Å². The van der Waals surface area contributed by atoms with E-state index in [1.807, 2.05) is 0 Å². The van der Waals surface area contributed by atoms with Crippen molar-refractivity contribution in [1.29, 1.82) is 0 Å². The number of thioether (sulfide) groups is 2. The average Bonchev–Trinajstić information content (AvgIpc) is 3.29. The summed E-state index contributed by atoms with van der Waals surface area (Å²) in [5.41, 5.74) is 10.7. The number of oxime groups is 1. The summed E-state index contributed by atoms with van der Waals surface area (Å²) in [4.78, 5) is 52.8. The third-order valence-electron chi connectivity index (χ3n) is 5.69. The number of aromatic nitrogens is 4. The number of nitrogens with two attached hydrogens (primary N) is 3. The van der Waals surface area contributed by atoms with Gasteiger partial charge in [-0.15, -0.1) is 16.4 Å². The van der Waals surface area contributed by atoms with Gasteiger partial charge in [0.25, 0.3) is 5.91 Å². The van der Waals surface area contributed by atoms with E-state index in [1.165, 1.54) is 21.3 Å². The molecule has 2 aliphatic rings. The number of nitrogens with zero attached hydrogens (tertiary/aromatic N) is 6. The van der Waals surface area contributed by atoms with Crippen LogP contribution in [0.3, 0.4) is 0 Å². The molecule has 3 atom stereocenters. The Balaban J connectivity index is 1.44. The van der Waals surface area contributed by atoms with Crippen molar-refractivity contribution in [3.8, 4) is 0 Å². The van der Waals surface area contributed by atoms with Crippen molar-refractivity contribution in [2.75, 3.05) is 42.0 Å². The van der Waals surface area contributed by atoms with Crippen molar-refractivity contribution in [3.05, 3.63) is 17.6 Å².